The number of rotatable bonds is 7. The number of thiophene rings is 1. The first kappa shape index (κ1) is 26.6. The van der Waals surface area contributed by atoms with Crippen LogP contribution >= 0.6 is 11.3 Å². The highest BCUT2D eigenvalue weighted by Gasteiger charge is 2.38. The van der Waals surface area contributed by atoms with Gasteiger partial charge in [0, 0.05) is 9.58 Å². The van der Waals surface area contributed by atoms with Crippen molar-refractivity contribution in [1.82, 2.24) is 0 Å². The summed E-state index contributed by atoms with van der Waals surface area (Å²) in [5.74, 6) is -1.97. The highest BCUT2D eigenvalue weighted by molar-refractivity contribution is 7.22. The van der Waals surface area contributed by atoms with E-state index >= 15 is 0 Å². The van der Waals surface area contributed by atoms with Gasteiger partial charge >= 0.3 is 6.18 Å². The summed E-state index contributed by atoms with van der Waals surface area (Å²) in [6.45, 7) is 2.48. The molecule has 2 nitrogen and oxygen atoms in total. The molecule has 0 atom stereocenters. The second-order valence-corrected chi connectivity index (χ2v) is 10.7. The van der Waals surface area contributed by atoms with Crippen LogP contribution in [-0.2, 0) is 17.5 Å². The molecule has 0 radical (unpaired) electrons. The Morgan fingerprint density at radius 3 is 2.18 bits per heavy atom. The summed E-state index contributed by atoms with van der Waals surface area (Å²) >= 11 is 1.74. The summed E-state index contributed by atoms with van der Waals surface area (Å²) in [7, 11) is 0. The normalized spacial score (nSPS) is 18.2. The number of hydrogen-bond acceptors (Lipinski definition) is 3. The monoisotopic (exact) mass is 546 g/mol. The minimum absolute atomic E-state index is 0.0565. The fraction of sp³-hybridized carbons (Fsp3) is 0.333. The minimum atomic E-state index is -5.07. The van der Waals surface area contributed by atoms with Crippen LogP contribution in [-0.4, -0.2) is 12.7 Å². The van der Waals surface area contributed by atoms with Gasteiger partial charge in [-0.2, -0.15) is 13.2 Å². The van der Waals surface area contributed by atoms with Crippen molar-refractivity contribution in [3.8, 4) is 16.2 Å². The van der Waals surface area contributed by atoms with E-state index in [1.165, 1.54) is 26.1 Å². The molecule has 0 N–H and O–H groups in total. The fourth-order valence-electron chi connectivity index (χ4n) is 5.09. The van der Waals surface area contributed by atoms with Crippen molar-refractivity contribution in [2.24, 2.45) is 0 Å². The molecule has 0 spiro atoms. The fourth-order valence-corrected chi connectivity index (χ4v) is 6.18. The van der Waals surface area contributed by atoms with Crippen molar-refractivity contribution in [3.63, 3.8) is 0 Å². The molecule has 0 saturated heterocycles. The van der Waals surface area contributed by atoms with Gasteiger partial charge in [0.25, 0.3) is 0 Å². The minimum Gasteiger partial charge on any atom is -0.494 e. The molecular formula is C30H27F5O2S. The van der Waals surface area contributed by atoms with Crippen molar-refractivity contribution < 1.29 is 31.4 Å². The van der Waals surface area contributed by atoms with E-state index in [1.807, 2.05) is 13.0 Å². The van der Waals surface area contributed by atoms with Gasteiger partial charge in [0.2, 0.25) is 0 Å². The number of benzene rings is 3. The van der Waals surface area contributed by atoms with Gasteiger partial charge < -0.3 is 9.47 Å². The zero-order valence-corrected chi connectivity index (χ0v) is 21.6. The van der Waals surface area contributed by atoms with Crippen LogP contribution in [0.4, 0.5) is 22.0 Å². The smallest absolute Gasteiger partial charge is 0.422 e. The summed E-state index contributed by atoms with van der Waals surface area (Å²) in [5, 5.41) is 1.19. The molecule has 1 aliphatic carbocycles. The Hall–Kier alpha value is -2.97. The van der Waals surface area contributed by atoms with E-state index in [1.54, 1.807) is 11.3 Å². The first-order valence-corrected chi connectivity index (χ1v) is 13.5. The molecule has 1 fully saturated rings. The predicted molar refractivity (Wildman–Crippen MR) is 140 cm³/mol. The first-order valence-electron chi connectivity index (χ1n) is 12.6. The largest absolute Gasteiger partial charge is 0.494 e. The first-order chi connectivity index (χ1) is 18.2. The lowest BCUT2D eigenvalue weighted by molar-refractivity contribution is -0.142. The number of alkyl halides is 3. The Morgan fingerprint density at radius 2 is 1.55 bits per heavy atom. The van der Waals surface area contributed by atoms with Crippen LogP contribution in [0.5, 0.6) is 5.75 Å². The summed E-state index contributed by atoms with van der Waals surface area (Å²) in [4.78, 5) is 1.20. The number of ether oxygens (including phenoxy) is 2. The van der Waals surface area contributed by atoms with Crippen molar-refractivity contribution >= 4 is 21.4 Å². The third-order valence-corrected chi connectivity index (χ3v) is 8.16. The Bertz CT molecular complexity index is 1380. The molecule has 0 unspecified atom stereocenters. The van der Waals surface area contributed by atoms with Crippen molar-refractivity contribution in [2.75, 3.05) is 6.61 Å². The Balaban J connectivity index is 1.16. The Labute approximate surface area is 222 Å². The van der Waals surface area contributed by atoms with E-state index in [0.29, 0.717) is 24.7 Å². The highest BCUT2D eigenvalue weighted by atomic mass is 32.1. The van der Waals surface area contributed by atoms with Gasteiger partial charge in [0.15, 0.2) is 0 Å². The number of hydrogen-bond donors (Lipinski definition) is 0. The third kappa shape index (κ3) is 5.86. The lowest BCUT2D eigenvalue weighted by atomic mass is 9.82. The van der Waals surface area contributed by atoms with Gasteiger partial charge in [-0.25, -0.2) is 8.78 Å². The van der Waals surface area contributed by atoms with Crippen LogP contribution in [0.25, 0.3) is 20.5 Å². The van der Waals surface area contributed by atoms with E-state index in [4.69, 9.17) is 9.47 Å². The zero-order valence-electron chi connectivity index (χ0n) is 20.8. The van der Waals surface area contributed by atoms with Gasteiger partial charge in [0.05, 0.1) is 19.3 Å². The second kappa shape index (κ2) is 11.0. The van der Waals surface area contributed by atoms with Gasteiger partial charge in [-0.3, -0.25) is 0 Å². The molecule has 4 aromatic rings. The molecule has 0 bridgehead atoms. The maximum Gasteiger partial charge on any atom is 0.422 e. The molecule has 0 amide bonds. The van der Waals surface area contributed by atoms with Crippen LogP contribution < -0.4 is 4.74 Å². The summed E-state index contributed by atoms with van der Waals surface area (Å²) in [6.07, 6.45) is -1.81. The van der Waals surface area contributed by atoms with Gasteiger partial charge in [-0.05, 0) is 97.0 Å². The van der Waals surface area contributed by atoms with E-state index in [0.717, 1.165) is 31.4 Å². The predicted octanol–water partition coefficient (Wildman–Crippen LogP) is 9.51. The molecule has 3 aromatic carbocycles. The summed E-state index contributed by atoms with van der Waals surface area (Å²) in [6, 6.07) is 18.4. The molecule has 1 aromatic heterocycles. The van der Waals surface area contributed by atoms with Gasteiger partial charge in [0.1, 0.15) is 22.9 Å². The van der Waals surface area contributed by atoms with E-state index in [2.05, 4.69) is 42.5 Å². The maximum atomic E-state index is 13.8. The molecule has 0 aliphatic heterocycles. The second-order valence-electron chi connectivity index (χ2n) is 9.58. The SMILES string of the molecule is CCOc1ccc2cc(-c3ccc(C4CCC(OCc5cc(F)c(C(F)(F)F)c(F)c5)CC4)cc3)sc2c1. The third-order valence-electron chi connectivity index (χ3n) is 7.01. The van der Waals surface area contributed by atoms with E-state index < -0.39 is 23.4 Å². The standard InChI is InChI=1S/C30H27F5O2S/c1-2-36-24-12-9-22-15-27(38-28(22)16-24)21-5-3-19(4-6-21)20-7-10-23(11-8-20)37-17-18-13-25(31)29(26(32)14-18)30(33,34)35/h3-6,9,12-16,20,23H,2,7-8,10-11,17H2,1H3. The summed E-state index contributed by atoms with van der Waals surface area (Å²) < 4.78 is 78.6. The van der Waals surface area contributed by atoms with Crippen LogP contribution in [0.1, 0.15) is 55.2 Å². The van der Waals surface area contributed by atoms with E-state index in [9.17, 15) is 22.0 Å². The van der Waals surface area contributed by atoms with E-state index in [-0.39, 0.29) is 18.3 Å². The van der Waals surface area contributed by atoms with Crippen LogP contribution in [0.15, 0.2) is 60.7 Å². The molecule has 1 heterocycles. The average Bonchev–Trinajstić information content (AvgIpc) is 3.30. The van der Waals surface area contributed by atoms with Crippen LogP contribution in [0.3, 0.4) is 0 Å². The lowest BCUT2D eigenvalue weighted by Gasteiger charge is -2.29. The van der Waals surface area contributed by atoms with Gasteiger partial charge in [-0.1, -0.05) is 24.3 Å². The van der Waals surface area contributed by atoms with Crippen molar-refractivity contribution in [1.29, 1.82) is 0 Å². The quantitative estimate of drug-likeness (QED) is 0.215. The molecular weight excluding hydrogens is 519 g/mol. The summed E-state index contributed by atoms with van der Waals surface area (Å²) in [5.41, 5.74) is 0.622. The van der Waals surface area contributed by atoms with Crippen molar-refractivity contribution in [2.45, 2.75) is 57.4 Å². The maximum absolute atomic E-state index is 13.8. The molecule has 5 rings (SSSR count). The van der Waals surface area contributed by atoms with Crippen LogP contribution in [0.2, 0.25) is 0 Å². The van der Waals surface area contributed by atoms with Crippen molar-refractivity contribution in [3.05, 3.63) is 89.0 Å². The molecule has 38 heavy (non-hydrogen) atoms. The lowest BCUT2D eigenvalue weighted by Crippen LogP contribution is -2.21. The Kier molecular flexibility index (Phi) is 7.73. The highest BCUT2D eigenvalue weighted by Crippen LogP contribution is 2.39. The molecule has 1 aliphatic rings. The van der Waals surface area contributed by atoms with Gasteiger partial charge in [-0.15, -0.1) is 11.3 Å². The zero-order chi connectivity index (χ0) is 26.9. The topological polar surface area (TPSA) is 18.5 Å². The number of fused-ring (bicyclic) bond motifs is 1. The average molecular weight is 547 g/mol. The Morgan fingerprint density at radius 1 is 0.868 bits per heavy atom. The molecule has 8 heteroatoms. The molecule has 1 saturated carbocycles. The van der Waals surface area contributed by atoms with Crippen LogP contribution in [0, 0.1) is 11.6 Å². The number of halogens is 5. The molecule has 200 valence electrons.